The zero-order chi connectivity index (χ0) is 20.8. The Balaban J connectivity index is 1.32. The van der Waals surface area contributed by atoms with E-state index >= 15 is 0 Å². The fourth-order valence-electron chi connectivity index (χ4n) is 4.50. The van der Waals surface area contributed by atoms with Crippen molar-refractivity contribution in [3.63, 3.8) is 0 Å². The molecule has 0 spiro atoms. The smallest absolute Gasteiger partial charge is 0.251 e. The SMILES string of the molecule is CCC(CNC(=O)c1cccc(CN2CCOCC2)c1)N1CCc2ccccc2C1. The molecule has 2 aliphatic heterocycles. The first-order valence-electron chi connectivity index (χ1n) is 11.2. The lowest BCUT2D eigenvalue weighted by Crippen LogP contribution is -2.45. The number of morpholine rings is 1. The number of hydrogen-bond donors (Lipinski definition) is 1. The van der Waals surface area contributed by atoms with E-state index in [2.05, 4.69) is 52.4 Å². The van der Waals surface area contributed by atoms with Crippen molar-refractivity contribution in [3.8, 4) is 0 Å². The summed E-state index contributed by atoms with van der Waals surface area (Å²) >= 11 is 0. The monoisotopic (exact) mass is 407 g/mol. The number of nitrogens with zero attached hydrogens (tertiary/aromatic N) is 2. The van der Waals surface area contributed by atoms with Crippen molar-refractivity contribution >= 4 is 5.91 Å². The molecule has 0 aliphatic carbocycles. The molecule has 1 fully saturated rings. The Bertz CT molecular complexity index is 848. The highest BCUT2D eigenvalue weighted by Crippen LogP contribution is 2.21. The van der Waals surface area contributed by atoms with E-state index in [0.717, 1.165) is 64.3 Å². The minimum atomic E-state index is 0.0229. The van der Waals surface area contributed by atoms with Crippen LogP contribution < -0.4 is 5.32 Å². The summed E-state index contributed by atoms with van der Waals surface area (Å²) in [5.41, 5.74) is 4.82. The third-order valence-corrected chi connectivity index (χ3v) is 6.35. The van der Waals surface area contributed by atoms with Gasteiger partial charge in [-0.1, -0.05) is 43.3 Å². The second-order valence-corrected chi connectivity index (χ2v) is 8.35. The second-order valence-electron chi connectivity index (χ2n) is 8.35. The predicted octanol–water partition coefficient (Wildman–Crippen LogP) is 3.09. The summed E-state index contributed by atoms with van der Waals surface area (Å²) in [6.07, 6.45) is 2.11. The minimum Gasteiger partial charge on any atom is -0.379 e. The molecule has 30 heavy (non-hydrogen) atoms. The normalized spacial score (nSPS) is 18.6. The van der Waals surface area contributed by atoms with Gasteiger partial charge >= 0.3 is 0 Å². The number of nitrogens with one attached hydrogen (secondary N) is 1. The van der Waals surface area contributed by atoms with Gasteiger partial charge in [0, 0.05) is 50.9 Å². The molecule has 1 unspecified atom stereocenters. The van der Waals surface area contributed by atoms with Crippen LogP contribution in [0, 0.1) is 0 Å². The molecule has 0 aromatic heterocycles. The topological polar surface area (TPSA) is 44.8 Å². The molecule has 160 valence electrons. The number of carbonyl (C=O) groups is 1. The van der Waals surface area contributed by atoms with Crippen molar-refractivity contribution in [2.75, 3.05) is 39.4 Å². The van der Waals surface area contributed by atoms with Crippen LogP contribution in [0.25, 0.3) is 0 Å². The predicted molar refractivity (Wildman–Crippen MR) is 120 cm³/mol. The number of hydrogen-bond acceptors (Lipinski definition) is 4. The van der Waals surface area contributed by atoms with E-state index in [1.807, 2.05) is 18.2 Å². The van der Waals surface area contributed by atoms with Crippen molar-refractivity contribution in [1.82, 2.24) is 15.1 Å². The van der Waals surface area contributed by atoms with Gasteiger partial charge in [0.25, 0.3) is 5.91 Å². The molecular weight excluding hydrogens is 374 g/mol. The van der Waals surface area contributed by atoms with Gasteiger partial charge in [-0.05, 0) is 41.7 Å². The highest BCUT2D eigenvalue weighted by Gasteiger charge is 2.23. The van der Waals surface area contributed by atoms with Gasteiger partial charge in [0.2, 0.25) is 0 Å². The lowest BCUT2D eigenvalue weighted by Gasteiger charge is -2.35. The molecule has 4 rings (SSSR count). The zero-order valence-corrected chi connectivity index (χ0v) is 18.0. The number of ether oxygens (including phenoxy) is 1. The van der Waals surface area contributed by atoms with Crippen LogP contribution in [0.1, 0.15) is 40.4 Å². The first kappa shape index (κ1) is 21.0. The summed E-state index contributed by atoms with van der Waals surface area (Å²) in [7, 11) is 0. The second kappa shape index (κ2) is 10.2. The maximum absolute atomic E-state index is 12.8. The van der Waals surface area contributed by atoms with Crippen LogP contribution in [0.3, 0.4) is 0 Å². The maximum atomic E-state index is 12.8. The molecule has 2 heterocycles. The van der Waals surface area contributed by atoms with E-state index in [4.69, 9.17) is 4.74 Å². The first-order chi connectivity index (χ1) is 14.7. The van der Waals surface area contributed by atoms with E-state index in [1.165, 1.54) is 16.7 Å². The average molecular weight is 408 g/mol. The van der Waals surface area contributed by atoms with Gasteiger partial charge in [0.05, 0.1) is 13.2 Å². The van der Waals surface area contributed by atoms with Gasteiger partial charge in [-0.2, -0.15) is 0 Å². The molecule has 0 radical (unpaired) electrons. The number of rotatable bonds is 7. The quantitative estimate of drug-likeness (QED) is 0.766. The van der Waals surface area contributed by atoms with E-state index in [9.17, 15) is 4.79 Å². The Labute approximate surface area is 180 Å². The molecule has 1 atom stereocenters. The third kappa shape index (κ3) is 5.28. The van der Waals surface area contributed by atoms with Crippen LogP contribution in [-0.4, -0.2) is 61.1 Å². The summed E-state index contributed by atoms with van der Waals surface area (Å²) < 4.78 is 5.42. The standard InChI is InChI=1S/C25H33N3O2/c1-2-24(28-11-10-21-7-3-4-8-23(21)19-28)17-26-25(29)22-9-5-6-20(16-22)18-27-12-14-30-15-13-27/h3-9,16,24H,2,10-15,17-19H2,1H3,(H,26,29). The third-order valence-electron chi connectivity index (χ3n) is 6.35. The van der Waals surface area contributed by atoms with Gasteiger partial charge in [-0.3, -0.25) is 14.6 Å². The molecule has 2 aromatic rings. The van der Waals surface area contributed by atoms with Crippen molar-refractivity contribution < 1.29 is 9.53 Å². The Morgan fingerprint density at radius 2 is 1.87 bits per heavy atom. The number of benzene rings is 2. The van der Waals surface area contributed by atoms with E-state index in [0.29, 0.717) is 12.6 Å². The average Bonchev–Trinajstić information content (AvgIpc) is 2.80. The summed E-state index contributed by atoms with van der Waals surface area (Å²) in [4.78, 5) is 17.7. The summed E-state index contributed by atoms with van der Waals surface area (Å²) in [6, 6.07) is 17.1. The van der Waals surface area contributed by atoms with Gasteiger partial charge in [-0.15, -0.1) is 0 Å². The molecule has 1 amide bonds. The molecule has 1 saturated heterocycles. The van der Waals surface area contributed by atoms with Crippen molar-refractivity contribution in [1.29, 1.82) is 0 Å². The molecule has 1 N–H and O–H groups in total. The number of fused-ring (bicyclic) bond motifs is 1. The lowest BCUT2D eigenvalue weighted by molar-refractivity contribution is 0.0342. The van der Waals surface area contributed by atoms with Crippen LogP contribution in [0.4, 0.5) is 0 Å². The van der Waals surface area contributed by atoms with Crippen LogP contribution in [0.2, 0.25) is 0 Å². The largest absolute Gasteiger partial charge is 0.379 e. The molecule has 2 aromatic carbocycles. The molecule has 2 aliphatic rings. The molecule has 0 bridgehead atoms. The molecular formula is C25H33N3O2. The number of carbonyl (C=O) groups excluding carboxylic acids is 1. The molecule has 5 nitrogen and oxygen atoms in total. The van der Waals surface area contributed by atoms with Crippen molar-refractivity contribution in [2.24, 2.45) is 0 Å². The first-order valence-corrected chi connectivity index (χ1v) is 11.2. The summed E-state index contributed by atoms with van der Waals surface area (Å²) in [5.74, 6) is 0.0229. The van der Waals surface area contributed by atoms with Crippen LogP contribution in [0.15, 0.2) is 48.5 Å². The fourth-order valence-corrected chi connectivity index (χ4v) is 4.50. The van der Waals surface area contributed by atoms with E-state index in [-0.39, 0.29) is 5.91 Å². The van der Waals surface area contributed by atoms with Gasteiger partial charge in [0.15, 0.2) is 0 Å². The Morgan fingerprint density at radius 3 is 2.67 bits per heavy atom. The van der Waals surface area contributed by atoms with Gasteiger partial charge < -0.3 is 10.1 Å². The van der Waals surface area contributed by atoms with Crippen LogP contribution >= 0.6 is 0 Å². The van der Waals surface area contributed by atoms with Crippen LogP contribution in [0.5, 0.6) is 0 Å². The summed E-state index contributed by atoms with van der Waals surface area (Å²) in [6.45, 7) is 9.28. The minimum absolute atomic E-state index is 0.0229. The highest BCUT2D eigenvalue weighted by molar-refractivity contribution is 5.94. The Kier molecular flexibility index (Phi) is 7.16. The van der Waals surface area contributed by atoms with E-state index in [1.54, 1.807) is 0 Å². The van der Waals surface area contributed by atoms with Gasteiger partial charge in [0.1, 0.15) is 0 Å². The Morgan fingerprint density at radius 1 is 1.07 bits per heavy atom. The maximum Gasteiger partial charge on any atom is 0.251 e. The highest BCUT2D eigenvalue weighted by atomic mass is 16.5. The fraction of sp³-hybridized carbons (Fsp3) is 0.480. The van der Waals surface area contributed by atoms with E-state index < -0.39 is 0 Å². The zero-order valence-electron chi connectivity index (χ0n) is 18.0. The Hall–Kier alpha value is -2.21. The van der Waals surface area contributed by atoms with Crippen molar-refractivity contribution in [2.45, 2.75) is 38.9 Å². The van der Waals surface area contributed by atoms with Crippen LogP contribution in [-0.2, 0) is 24.2 Å². The van der Waals surface area contributed by atoms with Crippen molar-refractivity contribution in [3.05, 3.63) is 70.8 Å². The van der Waals surface area contributed by atoms with Gasteiger partial charge in [-0.25, -0.2) is 0 Å². The lowest BCUT2D eigenvalue weighted by atomic mass is 9.98. The molecule has 5 heteroatoms. The number of amides is 1. The molecule has 0 saturated carbocycles. The summed E-state index contributed by atoms with van der Waals surface area (Å²) in [5, 5.41) is 3.19.